The van der Waals surface area contributed by atoms with Crippen LogP contribution in [0.5, 0.6) is 0 Å². The summed E-state index contributed by atoms with van der Waals surface area (Å²) in [6.07, 6.45) is 3.51. The molecule has 1 saturated heterocycles. The van der Waals surface area contributed by atoms with Crippen LogP contribution < -0.4 is 10.3 Å². The van der Waals surface area contributed by atoms with E-state index in [4.69, 9.17) is 5.11 Å². The van der Waals surface area contributed by atoms with Gasteiger partial charge >= 0.3 is 5.97 Å². The maximum Gasteiger partial charge on any atom is 0.341 e. The largest absolute Gasteiger partial charge is 0.477 e. The molecule has 2 aromatic heterocycles. The number of rotatable bonds is 4. The van der Waals surface area contributed by atoms with Crippen LogP contribution in [0, 0.1) is 0 Å². The zero-order valence-electron chi connectivity index (χ0n) is 13.2. The van der Waals surface area contributed by atoms with Crippen molar-refractivity contribution in [2.45, 2.75) is 13.5 Å². The van der Waals surface area contributed by atoms with Crippen molar-refractivity contribution < 1.29 is 14.7 Å². The molecule has 9 heteroatoms. The van der Waals surface area contributed by atoms with Crippen molar-refractivity contribution in [3.05, 3.63) is 28.2 Å². The number of carboxylic acids is 1. The van der Waals surface area contributed by atoms with E-state index < -0.39 is 11.4 Å². The monoisotopic (exact) mass is 331 g/mol. The van der Waals surface area contributed by atoms with Gasteiger partial charge in [0, 0.05) is 45.1 Å². The number of piperazine rings is 1. The van der Waals surface area contributed by atoms with Gasteiger partial charge in [0.05, 0.1) is 5.39 Å². The van der Waals surface area contributed by atoms with E-state index in [0.717, 1.165) is 6.41 Å². The molecule has 1 aliphatic rings. The smallest absolute Gasteiger partial charge is 0.341 e. The van der Waals surface area contributed by atoms with Gasteiger partial charge in [-0.3, -0.25) is 9.59 Å². The Kier molecular flexibility index (Phi) is 4.15. The van der Waals surface area contributed by atoms with Crippen molar-refractivity contribution in [3.8, 4) is 0 Å². The van der Waals surface area contributed by atoms with E-state index in [2.05, 4.69) is 9.97 Å². The van der Waals surface area contributed by atoms with Gasteiger partial charge in [-0.2, -0.15) is 4.98 Å². The molecule has 1 fully saturated rings. The zero-order valence-corrected chi connectivity index (χ0v) is 13.2. The molecule has 9 nitrogen and oxygen atoms in total. The number of amides is 1. The predicted octanol–water partition coefficient (Wildman–Crippen LogP) is -0.212. The molecule has 126 valence electrons. The number of anilines is 1. The number of pyridine rings is 1. The highest BCUT2D eigenvalue weighted by atomic mass is 16.4. The van der Waals surface area contributed by atoms with Gasteiger partial charge in [0.25, 0.3) is 0 Å². The first kappa shape index (κ1) is 15.9. The van der Waals surface area contributed by atoms with Crippen LogP contribution >= 0.6 is 0 Å². The average Bonchev–Trinajstić information content (AvgIpc) is 2.61. The molecule has 1 aliphatic heterocycles. The molecule has 3 rings (SSSR count). The molecule has 0 bridgehead atoms. The Labute approximate surface area is 137 Å². The summed E-state index contributed by atoms with van der Waals surface area (Å²) in [4.78, 5) is 46.6. The Morgan fingerprint density at radius 2 is 2.04 bits per heavy atom. The van der Waals surface area contributed by atoms with Crippen molar-refractivity contribution in [1.29, 1.82) is 0 Å². The highest BCUT2D eigenvalue weighted by Gasteiger charge is 2.20. The minimum Gasteiger partial charge on any atom is -0.477 e. The van der Waals surface area contributed by atoms with E-state index >= 15 is 0 Å². The van der Waals surface area contributed by atoms with Gasteiger partial charge in [-0.25, -0.2) is 9.78 Å². The third-order valence-electron chi connectivity index (χ3n) is 4.12. The lowest BCUT2D eigenvalue weighted by molar-refractivity contribution is -0.118. The number of carbonyl (C=O) groups is 2. The number of carboxylic acid groups (broad SMARTS) is 1. The number of hydrogen-bond acceptors (Lipinski definition) is 6. The first-order valence-electron chi connectivity index (χ1n) is 7.63. The predicted molar refractivity (Wildman–Crippen MR) is 86.3 cm³/mol. The van der Waals surface area contributed by atoms with Gasteiger partial charge in [-0.1, -0.05) is 0 Å². The summed E-state index contributed by atoms with van der Waals surface area (Å²) in [7, 11) is 0. The minimum atomic E-state index is -1.27. The zero-order chi connectivity index (χ0) is 17.3. The molecule has 2 aromatic rings. The first-order chi connectivity index (χ1) is 11.5. The second-order valence-electron chi connectivity index (χ2n) is 5.50. The summed E-state index contributed by atoms with van der Waals surface area (Å²) >= 11 is 0. The SMILES string of the molecule is CCn1cc(C(=O)O)c(=O)c2cnc(N3CCN(C=O)CC3)nc21. The van der Waals surface area contributed by atoms with Gasteiger partial charge in [0.15, 0.2) is 0 Å². The molecule has 0 unspecified atom stereocenters. The van der Waals surface area contributed by atoms with E-state index in [1.807, 2.05) is 11.8 Å². The Morgan fingerprint density at radius 1 is 1.33 bits per heavy atom. The fourth-order valence-corrected chi connectivity index (χ4v) is 2.74. The molecule has 0 radical (unpaired) electrons. The lowest BCUT2D eigenvalue weighted by Gasteiger charge is -2.32. The third-order valence-corrected chi connectivity index (χ3v) is 4.12. The highest BCUT2D eigenvalue weighted by molar-refractivity contribution is 5.91. The Morgan fingerprint density at radius 3 is 2.62 bits per heavy atom. The standard InChI is InChI=1S/C15H17N5O4/c1-2-19-8-11(14(23)24)12(22)10-7-16-15(17-13(10)19)20-5-3-18(9-21)4-6-20/h7-9H,2-6H2,1H3,(H,23,24). The molecule has 0 spiro atoms. The summed E-state index contributed by atoms with van der Waals surface area (Å²) in [5.41, 5.74) is -0.463. The lowest BCUT2D eigenvalue weighted by atomic mass is 10.2. The van der Waals surface area contributed by atoms with Crippen LogP contribution in [0.15, 0.2) is 17.2 Å². The number of aryl methyl sites for hydroxylation is 1. The number of aromatic nitrogens is 3. The molecule has 0 aromatic carbocycles. The van der Waals surface area contributed by atoms with Crippen LogP contribution in [-0.2, 0) is 11.3 Å². The number of hydrogen-bond donors (Lipinski definition) is 1. The van der Waals surface area contributed by atoms with E-state index in [1.54, 1.807) is 9.47 Å². The molecule has 24 heavy (non-hydrogen) atoms. The summed E-state index contributed by atoms with van der Waals surface area (Å²) in [6.45, 7) is 4.71. The fourth-order valence-electron chi connectivity index (χ4n) is 2.74. The van der Waals surface area contributed by atoms with Gasteiger partial charge in [0.1, 0.15) is 11.2 Å². The molecule has 1 amide bonds. The number of carbonyl (C=O) groups excluding carboxylic acids is 1. The summed E-state index contributed by atoms with van der Waals surface area (Å²) in [6, 6.07) is 0. The van der Waals surface area contributed by atoms with Crippen molar-refractivity contribution in [3.63, 3.8) is 0 Å². The molecule has 0 saturated carbocycles. The minimum absolute atomic E-state index is 0.187. The second-order valence-corrected chi connectivity index (χ2v) is 5.50. The number of aromatic carboxylic acids is 1. The third kappa shape index (κ3) is 2.68. The van der Waals surface area contributed by atoms with Crippen molar-refractivity contribution >= 4 is 29.4 Å². The normalized spacial score (nSPS) is 14.9. The maximum atomic E-state index is 12.3. The highest BCUT2D eigenvalue weighted by Crippen LogP contribution is 2.15. The average molecular weight is 331 g/mol. The summed E-state index contributed by atoms with van der Waals surface area (Å²) in [5.74, 6) is -0.795. The van der Waals surface area contributed by atoms with E-state index in [1.165, 1.54) is 12.4 Å². The summed E-state index contributed by atoms with van der Waals surface area (Å²) in [5, 5.41) is 9.34. The quantitative estimate of drug-likeness (QED) is 0.772. The molecule has 0 atom stereocenters. The lowest BCUT2D eigenvalue weighted by Crippen LogP contribution is -2.46. The maximum absolute atomic E-state index is 12.3. The second kappa shape index (κ2) is 6.26. The van der Waals surface area contributed by atoms with E-state index in [-0.39, 0.29) is 10.9 Å². The van der Waals surface area contributed by atoms with Gasteiger partial charge in [-0.15, -0.1) is 0 Å². The molecular formula is C15H17N5O4. The number of fused-ring (bicyclic) bond motifs is 1. The van der Waals surface area contributed by atoms with Crippen LogP contribution in [0.3, 0.4) is 0 Å². The van der Waals surface area contributed by atoms with Crippen LogP contribution in [0.4, 0.5) is 5.95 Å². The fraction of sp³-hybridized carbons (Fsp3) is 0.400. The number of nitrogens with zero attached hydrogens (tertiary/aromatic N) is 5. The Bertz CT molecular complexity index is 855. The molecule has 0 aliphatic carbocycles. The van der Waals surface area contributed by atoms with E-state index in [0.29, 0.717) is 44.3 Å². The van der Waals surface area contributed by atoms with Crippen LogP contribution in [0.25, 0.3) is 11.0 Å². The van der Waals surface area contributed by atoms with Crippen molar-refractivity contribution in [1.82, 2.24) is 19.4 Å². The van der Waals surface area contributed by atoms with Gasteiger partial charge in [-0.05, 0) is 6.92 Å². The Balaban J connectivity index is 2.05. The van der Waals surface area contributed by atoms with Crippen molar-refractivity contribution in [2.24, 2.45) is 0 Å². The van der Waals surface area contributed by atoms with Gasteiger partial charge < -0.3 is 19.5 Å². The van der Waals surface area contributed by atoms with E-state index in [9.17, 15) is 14.4 Å². The summed E-state index contributed by atoms with van der Waals surface area (Å²) < 4.78 is 1.63. The molecule has 1 N–H and O–H groups in total. The van der Waals surface area contributed by atoms with Crippen LogP contribution in [0.2, 0.25) is 0 Å². The molecule has 3 heterocycles. The van der Waals surface area contributed by atoms with Crippen molar-refractivity contribution in [2.75, 3.05) is 31.1 Å². The molecular weight excluding hydrogens is 314 g/mol. The first-order valence-corrected chi connectivity index (χ1v) is 7.63. The van der Waals surface area contributed by atoms with Gasteiger partial charge in [0.2, 0.25) is 17.8 Å². The van der Waals surface area contributed by atoms with Crippen LogP contribution in [0.1, 0.15) is 17.3 Å². The Hall–Kier alpha value is -2.97. The van der Waals surface area contributed by atoms with Crippen LogP contribution in [-0.4, -0.2) is 63.1 Å². The topological polar surface area (TPSA) is 109 Å².